The van der Waals surface area contributed by atoms with Gasteiger partial charge in [0.1, 0.15) is 0 Å². The van der Waals surface area contributed by atoms with E-state index in [4.69, 9.17) is 0 Å². The summed E-state index contributed by atoms with van der Waals surface area (Å²) >= 11 is 0. The Balaban J connectivity index is 0. The molecule has 0 saturated carbocycles. The maximum absolute atomic E-state index is 12.6. The third-order valence-corrected chi connectivity index (χ3v) is 1.73. The van der Waals surface area contributed by atoms with Crippen molar-refractivity contribution < 1.29 is 71.4 Å². The summed E-state index contributed by atoms with van der Waals surface area (Å²) in [6, 6.07) is 0. The van der Waals surface area contributed by atoms with E-state index in [0.717, 1.165) is 4.48 Å². The molecule has 160 valence electrons. The van der Waals surface area contributed by atoms with Gasteiger partial charge in [0.25, 0.3) is 6.11 Å². The van der Waals surface area contributed by atoms with E-state index in [9.17, 15) is 62.2 Å². The van der Waals surface area contributed by atoms with E-state index in [0.29, 0.717) is 0 Å². The third kappa shape index (κ3) is 6.61. The van der Waals surface area contributed by atoms with Crippen LogP contribution in [0.2, 0.25) is 0 Å². The molecule has 0 bridgehead atoms. The van der Waals surface area contributed by atoms with Crippen LogP contribution in [-0.2, 0) is 4.74 Å². The van der Waals surface area contributed by atoms with Crippen LogP contribution in [0, 0.1) is 0 Å². The Morgan fingerprint density at radius 3 is 1.04 bits per heavy atom. The fourth-order valence-electron chi connectivity index (χ4n) is 0.688. The number of ether oxygens (including phenoxy) is 1. The van der Waals surface area contributed by atoms with Crippen LogP contribution < -0.4 is 5.11 Å². The van der Waals surface area contributed by atoms with Gasteiger partial charge in [0.2, 0.25) is 0 Å². The molecule has 0 aliphatic carbocycles. The summed E-state index contributed by atoms with van der Waals surface area (Å²) in [6.07, 6.45) is -29.2. The Labute approximate surface area is 137 Å². The Bertz CT molecular complexity index is 438. The van der Waals surface area contributed by atoms with Gasteiger partial charge in [-0.25, -0.2) is 8.78 Å². The van der Waals surface area contributed by atoms with E-state index < -0.39 is 36.3 Å². The highest BCUT2D eigenvalue weighted by Crippen LogP contribution is 2.53. The summed E-state index contributed by atoms with van der Waals surface area (Å²) in [5.41, 5.74) is 0. The van der Waals surface area contributed by atoms with Crippen molar-refractivity contribution >= 4 is 0 Å². The molecule has 16 heteroatoms. The zero-order valence-electron chi connectivity index (χ0n) is 13.2. The Hall–Kier alpha value is -1.03. The van der Waals surface area contributed by atoms with Crippen molar-refractivity contribution in [2.45, 2.75) is 36.3 Å². The molecule has 0 aromatic heterocycles. The molecule has 1 atom stereocenters. The minimum Gasteiger partial charge on any atom is -0.794 e. The highest BCUT2D eigenvalue weighted by Gasteiger charge is 2.80. The van der Waals surface area contributed by atoms with Crippen molar-refractivity contribution in [3.8, 4) is 0 Å². The molecular formula is C10H12F13NO2. The second-order valence-electron chi connectivity index (χ2n) is 5.98. The molecule has 1 unspecified atom stereocenters. The number of rotatable bonds is 4. The lowest BCUT2D eigenvalue weighted by molar-refractivity contribution is -0.849. The van der Waals surface area contributed by atoms with E-state index in [1.807, 2.05) is 0 Å². The van der Waals surface area contributed by atoms with Gasteiger partial charge in [-0.3, -0.25) is 4.74 Å². The van der Waals surface area contributed by atoms with E-state index in [2.05, 4.69) is 28.2 Å². The zero-order chi connectivity index (χ0) is 22.2. The lowest BCUT2D eigenvalue weighted by atomic mass is 10.2. The second-order valence-corrected chi connectivity index (χ2v) is 5.98. The van der Waals surface area contributed by atoms with Crippen molar-refractivity contribution in [1.29, 1.82) is 0 Å². The summed E-state index contributed by atoms with van der Waals surface area (Å²) in [5, 5.41) is 9.61. The quantitative estimate of drug-likeness (QED) is 0.512. The summed E-state index contributed by atoms with van der Waals surface area (Å²) in [5.74, 6) is -14.8. The molecule has 0 rings (SSSR count). The first-order valence-electron chi connectivity index (χ1n) is 5.86. The van der Waals surface area contributed by atoms with Gasteiger partial charge in [-0.2, -0.15) is 48.3 Å². The predicted octanol–water partition coefficient (Wildman–Crippen LogP) is 3.30. The fraction of sp³-hybridized carbons (Fsp3) is 1.00. The molecule has 26 heavy (non-hydrogen) atoms. The summed E-state index contributed by atoms with van der Waals surface area (Å²) in [6.45, 7) is 0. The molecule has 0 N–H and O–H groups in total. The van der Waals surface area contributed by atoms with Crippen LogP contribution in [0.15, 0.2) is 0 Å². The van der Waals surface area contributed by atoms with E-state index >= 15 is 0 Å². The highest BCUT2D eigenvalue weighted by molar-refractivity contribution is 4.91. The average Bonchev–Trinajstić information content (AvgIpc) is 2.20. The van der Waals surface area contributed by atoms with E-state index in [1.54, 1.807) is 0 Å². The standard InChI is InChI=1S/C6F13O2.C4H12N/c7-1(8,3(10,11)12)6(18,19)21-2(9,4(13,14)15)5(16,17)20;1-5(2,3)4/h;1-4H3/q-1;+1. The molecule has 0 aliphatic rings. The number of hydrogen-bond acceptors (Lipinski definition) is 2. The smallest absolute Gasteiger partial charge is 0.462 e. The lowest BCUT2D eigenvalue weighted by Gasteiger charge is -2.41. The van der Waals surface area contributed by atoms with Gasteiger partial charge in [0, 0.05) is 0 Å². The normalized spacial score (nSPS) is 17.3. The van der Waals surface area contributed by atoms with Crippen LogP contribution in [0.1, 0.15) is 0 Å². The van der Waals surface area contributed by atoms with E-state index in [1.165, 1.54) is 4.74 Å². The van der Waals surface area contributed by atoms with Crippen molar-refractivity contribution in [2.75, 3.05) is 28.2 Å². The van der Waals surface area contributed by atoms with Crippen LogP contribution in [0.4, 0.5) is 57.1 Å². The summed E-state index contributed by atoms with van der Waals surface area (Å²) < 4.78 is 157. The molecule has 0 radical (unpaired) electrons. The molecule has 0 aromatic rings. The van der Waals surface area contributed by atoms with Gasteiger partial charge >= 0.3 is 30.2 Å². The molecule has 0 aromatic carbocycles. The van der Waals surface area contributed by atoms with Crippen LogP contribution in [-0.4, -0.2) is 69.0 Å². The number of quaternary nitrogens is 1. The van der Waals surface area contributed by atoms with E-state index in [-0.39, 0.29) is 0 Å². The molecule has 0 aliphatic heterocycles. The molecule has 0 spiro atoms. The monoisotopic (exact) mass is 425 g/mol. The molecule has 3 nitrogen and oxygen atoms in total. The lowest BCUT2D eigenvalue weighted by Crippen LogP contribution is -2.68. The maximum atomic E-state index is 12.6. The van der Waals surface area contributed by atoms with Crippen molar-refractivity contribution in [3.63, 3.8) is 0 Å². The van der Waals surface area contributed by atoms with Crippen molar-refractivity contribution in [3.05, 3.63) is 0 Å². The fourth-order valence-corrected chi connectivity index (χ4v) is 0.688. The SMILES string of the molecule is C[N+](C)(C)C.[O-]C(F)(F)C(F)(OC(F)(F)C(F)(F)C(F)(F)F)C(F)(F)F. The largest absolute Gasteiger partial charge is 0.794 e. The van der Waals surface area contributed by atoms with Crippen molar-refractivity contribution in [1.82, 2.24) is 0 Å². The van der Waals surface area contributed by atoms with Gasteiger partial charge in [0.15, 0.2) is 0 Å². The minimum atomic E-state index is -7.49. The molecule has 0 fully saturated rings. The first kappa shape index (κ1) is 27.2. The highest BCUT2D eigenvalue weighted by atomic mass is 19.4. The number of nitrogens with zero attached hydrogens (tertiary/aromatic N) is 1. The first-order valence-corrected chi connectivity index (χ1v) is 5.86. The van der Waals surface area contributed by atoms with Gasteiger partial charge in [-0.15, -0.1) is 0 Å². The molecule has 0 heterocycles. The molecule has 0 saturated heterocycles. The van der Waals surface area contributed by atoms with Crippen LogP contribution >= 0.6 is 0 Å². The Kier molecular flexibility index (Phi) is 7.51. The van der Waals surface area contributed by atoms with Crippen molar-refractivity contribution in [2.24, 2.45) is 0 Å². The van der Waals surface area contributed by atoms with Gasteiger partial charge in [0.05, 0.1) is 28.2 Å². The van der Waals surface area contributed by atoms with Gasteiger partial charge < -0.3 is 9.59 Å². The topological polar surface area (TPSA) is 32.3 Å². The number of alkyl halides is 13. The second kappa shape index (κ2) is 7.18. The summed E-state index contributed by atoms with van der Waals surface area (Å²) in [4.78, 5) is 0. The maximum Gasteiger partial charge on any atom is 0.462 e. The van der Waals surface area contributed by atoms with Crippen LogP contribution in [0.5, 0.6) is 0 Å². The molecular weight excluding hydrogens is 413 g/mol. The Morgan fingerprint density at radius 2 is 0.885 bits per heavy atom. The zero-order valence-corrected chi connectivity index (χ0v) is 13.2. The van der Waals surface area contributed by atoms with Gasteiger partial charge in [-0.05, 0) is 0 Å². The van der Waals surface area contributed by atoms with Crippen LogP contribution in [0.25, 0.3) is 0 Å². The first-order chi connectivity index (χ1) is 10.7. The molecule has 0 amide bonds. The third-order valence-electron chi connectivity index (χ3n) is 1.73. The number of hydrogen-bond donors (Lipinski definition) is 0. The summed E-state index contributed by atoms with van der Waals surface area (Å²) in [7, 11) is 8.50. The van der Waals surface area contributed by atoms with Crippen LogP contribution in [0.3, 0.4) is 0 Å². The van der Waals surface area contributed by atoms with Gasteiger partial charge in [-0.1, -0.05) is 0 Å². The minimum absolute atomic E-state index is 1.00. The number of halogens is 13. The average molecular weight is 425 g/mol. The predicted molar refractivity (Wildman–Crippen MR) is 55.8 cm³/mol. The Morgan fingerprint density at radius 1 is 0.615 bits per heavy atom.